The fourth-order valence-corrected chi connectivity index (χ4v) is 16.0. The smallest absolute Gasteiger partial charge is 0.508 e. The molecule has 94 heavy (non-hydrogen) atoms. The molecule has 4 aliphatic rings. The largest absolute Gasteiger partial charge is 0.573 e. The van der Waals surface area contributed by atoms with Crippen LogP contribution in [0.2, 0.25) is 5.02 Å². The van der Waals surface area contributed by atoms with Crippen molar-refractivity contribution in [2.45, 2.75) is 32.9 Å². The lowest BCUT2D eigenvalue weighted by atomic mass is 10.2. The van der Waals surface area contributed by atoms with Crippen LogP contribution in [0.3, 0.4) is 0 Å². The number of ether oxygens (including phenoxy) is 2. The number of phenolic OH excluding ortho intramolecular Hbond substituents is 4. The molecular weight excluding hydrogens is 1340 g/mol. The lowest BCUT2D eigenvalue weighted by Gasteiger charge is -2.35. The van der Waals surface area contributed by atoms with E-state index in [4.69, 9.17) is 16.3 Å². The van der Waals surface area contributed by atoms with Crippen LogP contribution in [0, 0.1) is 5.82 Å². The van der Waals surface area contributed by atoms with Crippen LogP contribution in [-0.2, 0) is 44.8 Å². The van der Waals surface area contributed by atoms with Crippen LogP contribution in [0.25, 0.3) is 0 Å². The Bertz CT molecular complexity index is 4090. The number of rotatable bonds is 13. The first-order valence-corrected chi connectivity index (χ1v) is 35.4. The predicted molar refractivity (Wildman–Crippen MR) is 344 cm³/mol. The van der Waals surface area contributed by atoms with Gasteiger partial charge in [-0.25, -0.2) is 42.9 Å². The van der Waals surface area contributed by atoms with Crippen LogP contribution in [0.15, 0.2) is 189 Å². The molecule has 1 amide bonds. The molecule has 7 aromatic rings. The minimum atomic E-state index is -4.74. The number of anilines is 3. The van der Waals surface area contributed by atoms with E-state index in [-0.39, 0.29) is 80.3 Å². The van der Waals surface area contributed by atoms with Gasteiger partial charge in [0, 0.05) is 127 Å². The van der Waals surface area contributed by atoms with E-state index in [0.29, 0.717) is 95.9 Å². The number of hydrogen-bond donors (Lipinski definition) is 4. The van der Waals surface area contributed by atoms with Crippen molar-refractivity contribution in [2.75, 3.05) is 126 Å². The van der Waals surface area contributed by atoms with Crippen LogP contribution >= 0.6 is 11.6 Å². The molecular formula is C62H69ClF4N8O15S4. The number of carbonyl (C=O) groups is 1. The maximum absolute atomic E-state index is 13.0. The Morgan fingerprint density at radius 3 is 1.02 bits per heavy atom. The summed E-state index contributed by atoms with van der Waals surface area (Å²) < 4.78 is 164. The number of piperazine rings is 4. The summed E-state index contributed by atoms with van der Waals surface area (Å²) in [6, 6.07) is 41.0. The van der Waals surface area contributed by atoms with Gasteiger partial charge in [-0.15, -0.1) is 13.2 Å². The third-order valence-electron chi connectivity index (χ3n) is 15.2. The van der Waals surface area contributed by atoms with Crippen LogP contribution in [0.1, 0.15) is 6.92 Å². The van der Waals surface area contributed by atoms with Crippen molar-refractivity contribution in [3.8, 4) is 28.7 Å². The number of sulfonamides is 4. The van der Waals surface area contributed by atoms with Crippen molar-refractivity contribution in [3.05, 3.63) is 181 Å². The molecule has 4 saturated heterocycles. The molecule has 4 N–H and O–H groups in total. The van der Waals surface area contributed by atoms with Gasteiger partial charge in [-0.2, -0.15) is 17.2 Å². The molecule has 0 radical (unpaired) electrons. The Kier molecular flexibility index (Phi) is 24.0. The number of benzene rings is 7. The minimum absolute atomic E-state index is 0.0149. The summed E-state index contributed by atoms with van der Waals surface area (Å²) in [6.07, 6.45) is -5.16. The molecule has 32 heteroatoms. The lowest BCUT2D eigenvalue weighted by Crippen LogP contribution is -2.50. The molecule has 506 valence electrons. The molecule has 4 aliphatic heterocycles. The maximum Gasteiger partial charge on any atom is 0.573 e. The van der Waals surface area contributed by atoms with E-state index in [9.17, 15) is 76.5 Å². The number of alkyl halides is 3. The first-order valence-electron chi connectivity index (χ1n) is 29.2. The highest BCUT2D eigenvalue weighted by atomic mass is 35.5. The van der Waals surface area contributed by atoms with E-state index in [0.717, 1.165) is 11.4 Å². The van der Waals surface area contributed by atoms with E-state index >= 15 is 0 Å². The van der Waals surface area contributed by atoms with E-state index in [1.165, 1.54) is 156 Å². The number of nitrogens with zero attached hydrogens (tertiary/aromatic N) is 8. The van der Waals surface area contributed by atoms with Crippen molar-refractivity contribution in [2.24, 2.45) is 0 Å². The average Bonchev–Trinajstić information content (AvgIpc) is 0.835. The molecule has 0 atom stereocenters. The van der Waals surface area contributed by atoms with Gasteiger partial charge in [0.05, 0.1) is 26.2 Å². The maximum atomic E-state index is 13.0. The number of phenols is 4. The van der Waals surface area contributed by atoms with Crippen LogP contribution in [-0.4, -0.2) is 200 Å². The highest BCUT2D eigenvalue weighted by Crippen LogP contribution is 2.30. The molecule has 0 saturated carbocycles. The van der Waals surface area contributed by atoms with Gasteiger partial charge in [0.25, 0.3) is 0 Å². The predicted octanol–water partition coefficient (Wildman–Crippen LogP) is 8.26. The van der Waals surface area contributed by atoms with E-state index in [1.54, 1.807) is 19.1 Å². The van der Waals surface area contributed by atoms with E-state index in [2.05, 4.69) is 9.64 Å². The Morgan fingerprint density at radius 2 is 0.723 bits per heavy atom. The van der Waals surface area contributed by atoms with Crippen molar-refractivity contribution in [1.29, 1.82) is 0 Å². The fourth-order valence-electron chi connectivity index (χ4n) is 10.1. The van der Waals surface area contributed by atoms with Crippen molar-refractivity contribution in [1.82, 2.24) is 22.1 Å². The summed E-state index contributed by atoms with van der Waals surface area (Å²) in [6.45, 7) is 8.21. The summed E-state index contributed by atoms with van der Waals surface area (Å²) in [5.74, 6) is -0.514. The highest BCUT2D eigenvalue weighted by molar-refractivity contribution is 7.90. The van der Waals surface area contributed by atoms with Gasteiger partial charge in [-0.05, 0) is 171 Å². The quantitative estimate of drug-likeness (QED) is 0.0791. The fraction of sp³-hybridized carbons (Fsp3) is 0.306. The average molecular weight is 1410 g/mol. The first-order chi connectivity index (χ1) is 44.5. The number of amides is 1. The van der Waals surface area contributed by atoms with Crippen molar-refractivity contribution >= 4 is 74.8 Å². The first kappa shape index (κ1) is 71.7. The zero-order valence-electron chi connectivity index (χ0n) is 50.6. The zero-order valence-corrected chi connectivity index (χ0v) is 54.6. The Hall–Kier alpha value is -8.14. The monoisotopic (exact) mass is 1400 g/mol. The zero-order chi connectivity index (χ0) is 68.0. The summed E-state index contributed by atoms with van der Waals surface area (Å²) in [7, 11) is -14.3. The Labute approximate surface area is 548 Å². The summed E-state index contributed by atoms with van der Waals surface area (Å²) in [5, 5.41) is 37.7. The van der Waals surface area contributed by atoms with Gasteiger partial charge in [-0.1, -0.05) is 17.7 Å². The molecule has 0 aromatic heterocycles. The van der Waals surface area contributed by atoms with Gasteiger partial charge in [0.15, 0.2) is 0 Å². The second-order valence-electron chi connectivity index (χ2n) is 21.2. The summed E-state index contributed by atoms with van der Waals surface area (Å²) >= 11 is 6.00. The second-order valence-corrected chi connectivity index (χ2v) is 29.4. The van der Waals surface area contributed by atoms with Gasteiger partial charge >= 0.3 is 12.5 Å². The third kappa shape index (κ3) is 19.0. The molecule has 0 spiro atoms. The Balaban J connectivity index is 0.000000161. The van der Waals surface area contributed by atoms with Gasteiger partial charge in [0.1, 0.15) is 34.6 Å². The molecule has 4 fully saturated rings. The van der Waals surface area contributed by atoms with Crippen LogP contribution in [0.5, 0.6) is 28.7 Å². The molecule has 0 bridgehead atoms. The molecule has 0 unspecified atom stereocenters. The normalized spacial score (nSPS) is 16.5. The van der Waals surface area contributed by atoms with Crippen LogP contribution < -0.4 is 19.4 Å². The summed E-state index contributed by atoms with van der Waals surface area (Å²) in [4.78, 5) is 19.7. The van der Waals surface area contributed by atoms with Gasteiger partial charge < -0.3 is 49.5 Å². The third-order valence-corrected chi connectivity index (χ3v) is 23.1. The highest BCUT2D eigenvalue weighted by Gasteiger charge is 2.34. The number of hydrogen-bond acceptors (Lipinski definition) is 18. The van der Waals surface area contributed by atoms with Crippen molar-refractivity contribution < 1.29 is 85.9 Å². The van der Waals surface area contributed by atoms with E-state index in [1.807, 2.05) is 34.1 Å². The molecule has 0 aliphatic carbocycles. The van der Waals surface area contributed by atoms with Gasteiger partial charge in [0.2, 0.25) is 40.1 Å². The van der Waals surface area contributed by atoms with E-state index < -0.39 is 52.5 Å². The number of halogens is 5. The molecule has 7 aromatic carbocycles. The minimum Gasteiger partial charge on any atom is -0.508 e. The molecule has 23 nitrogen and oxygen atoms in total. The SMILES string of the molecule is CCOC(=O)N1CCN(S(=O)(=O)c2ccc(O)cc2)CC1.O=S(=O)(c1ccc(O)cc1)N1CCN(c2ccc(F)cc2)CC1.O=S(=O)(c1ccc(O)cc1)N1CCN(c2ccc(OC(F)(F)F)cc2)CC1.O=S(=O)(c1ccc(O)cc1)N1CCN(c2cccc(Cl)c2)CC1. The summed E-state index contributed by atoms with van der Waals surface area (Å²) in [5.41, 5.74) is 2.57. The topological polar surface area (TPSA) is 279 Å². The number of aromatic hydroxyl groups is 4. The second kappa shape index (κ2) is 31.4. The Morgan fingerprint density at radius 1 is 0.426 bits per heavy atom. The molecule has 11 rings (SSSR count). The standard InChI is InChI=1S/C17H17F3N2O4S.C16H17ClN2O3S.C16H17FN2O3S.C13H18N2O5S/c18-17(19,20)26-15-5-1-13(2-6-15)21-9-11-22(12-10-21)27(24,25)16-7-3-14(23)4-8-16;17-13-2-1-3-14(12-13)18-8-10-19(11-9-18)23(21,22)16-6-4-15(20)5-7-16;17-13-1-3-14(4-2-13)18-9-11-19(12-10-18)23(21,22)16-7-5-15(20)6-8-16;1-2-20-13(17)14-7-9-15(10-8-14)21(18,19)12-5-3-11(16)4-6-12/h1-8,23H,9-12H2;1-7,12,20H,8-11H2;1-8,20H,9-12H2;3-6,16H,2,7-10H2,1H3. The van der Waals surface area contributed by atoms with Crippen molar-refractivity contribution in [3.63, 3.8) is 0 Å². The van der Waals surface area contributed by atoms with Crippen LogP contribution in [0.4, 0.5) is 39.4 Å². The lowest BCUT2D eigenvalue weighted by molar-refractivity contribution is -0.274. The number of carbonyl (C=O) groups excluding carboxylic acids is 1. The molecule has 4 heterocycles. The van der Waals surface area contributed by atoms with Gasteiger partial charge in [-0.3, -0.25) is 0 Å².